The lowest BCUT2D eigenvalue weighted by Crippen LogP contribution is -2.33. The van der Waals surface area contributed by atoms with Crippen molar-refractivity contribution in [1.82, 2.24) is 4.90 Å². The molecule has 0 radical (unpaired) electrons. The lowest BCUT2D eigenvalue weighted by molar-refractivity contribution is -0.117. The Morgan fingerprint density at radius 1 is 1.40 bits per heavy atom. The molecule has 1 amide bonds. The minimum Gasteiger partial charge on any atom is -0.324 e. The molecule has 20 heavy (non-hydrogen) atoms. The van der Waals surface area contributed by atoms with Crippen LogP contribution >= 0.6 is 0 Å². The molecule has 6 nitrogen and oxygen atoms in total. The van der Waals surface area contributed by atoms with E-state index in [1.807, 2.05) is 6.07 Å². The van der Waals surface area contributed by atoms with Crippen LogP contribution in [0.5, 0.6) is 0 Å². The molecule has 1 N–H and O–H groups in total. The number of hydrogen-bond donors (Lipinski definition) is 1. The minimum atomic E-state index is -3.04. The van der Waals surface area contributed by atoms with Gasteiger partial charge in [0.2, 0.25) is 5.91 Å². The fraction of sp³-hybridized carbons (Fsp3) is 0.385. The number of carbonyl (C=O) groups is 1. The highest BCUT2D eigenvalue weighted by Crippen LogP contribution is 2.13. The first kappa shape index (κ1) is 16.1. The summed E-state index contributed by atoms with van der Waals surface area (Å²) in [6.45, 7) is 0.349. The van der Waals surface area contributed by atoms with Crippen molar-refractivity contribution in [3.8, 4) is 6.07 Å². The lowest BCUT2D eigenvalue weighted by Gasteiger charge is -2.15. The van der Waals surface area contributed by atoms with E-state index < -0.39 is 9.84 Å². The van der Waals surface area contributed by atoms with E-state index in [2.05, 4.69) is 5.32 Å². The molecule has 0 saturated carbocycles. The molecule has 0 bridgehead atoms. The normalized spacial score (nSPS) is 11.1. The number of nitrogens with zero attached hydrogens (tertiary/aromatic N) is 2. The first-order chi connectivity index (χ1) is 9.31. The van der Waals surface area contributed by atoms with Crippen LogP contribution in [0, 0.1) is 11.3 Å². The Hall–Kier alpha value is -1.91. The molecular formula is C13H17N3O3S. The predicted octanol–water partition coefficient (Wildman–Crippen LogP) is 0.473. The van der Waals surface area contributed by atoms with E-state index in [9.17, 15) is 13.2 Å². The highest BCUT2D eigenvalue weighted by atomic mass is 32.2. The van der Waals surface area contributed by atoms with Crippen molar-refractivity contribution in [3.05, 3.63) is 29.8 Å². The maximum Gasteiger partial charge on any atom is 0.238 e. The number of carbonyl (C=O) groups excluding carboxylic acids is 1. The Morgan fingerprint density at radius 3 is 2.65 bits per heavy atom. The van der Waals surface area contributed by atoms with Gasteiger partial charge in [-0.3, -0.25) is 9.69 Å². The number of rotatable bonds is 6. The second kappa shape index (κ2) is 7.03. The molecule has 0 heterocycles. The zero-order valence-corrected chi connectivity index (χ0v) is 12.3. The topological polar surface area (TPSA) is 90.3 Å². The third kappa shape index (κ3) is 5.82. The second-order valence-corrected chi connectivity index (χ2v) is 6.83. The maximum absolute atomic E-state index is 11.8. The summed E-state index contributed by atoms with van der Waals surface area (Å²) in [4.78, 5) is 13.4. The number of anilines is 1. The van der Waals surface area contributed by atoms with E-state index in [4.69, 9.17) is 5.26 Å². The van der Waals surface area contributed by atoms with E-state index in [1.54, 1.807) is 36.2 Å². The number of para-hydroxylation sites is 1. The van der Waals surface area contributed by atoms with E-state index >= 15 is 0 Å². The van der Waals surface area contributed by atoms with Crippen LogP contribution in [0.2, 0.25) is 0 Å². The summed E-state index contributed by atoms with van der Waals surface area (Å²) >= 11 is 0. The predicted molar refractivity (Wildman–Crippen MR) is 77.0 cm³/mol. The van der Waals surface area contributed by atoms with Crippen LogP contribution in [-0.2, 0) is 14.6 Å². The Balaban J connectivity index is 2.54. The van der Waals surface area contributed by atoms with Crippen molar-refractivity contribution in [1.29, 1.82) is 5.26 Å². The Bertz CT molecular complexity index is 620. The molecule has 0 atom stereocenters. The van der Waals surface area contributed by atoms with Crippen LogP contribution in [0.25, 0.3) is 0 Å². The van der Waals surface area contributed by atoms with Gasteiger partial charge in [0.25, 0.3) is 0 Å². The molecule has 0 aliphatic rings. The molecule has 0 aliphatic heterocycles. The number of benzene rings is 1. The Labute approximate surface area is 118 Å². The van der Waals surface area contributed by atoms with Crippen molar-refractivity contribution in [3.63, 3.8) is 0 Å². The average molecular weight is 295 g/mol. The molecule has 0 spiro atoms. The molecule has 0 saturated heterocycles. The van der Waals surface area contributed by atoms with Gasteiger partial charge in [-0.15, -0.1) is 0 Å². The van der Waals surface area contributed by atoms with Gasteiger partial charge in [0.05, 0.1) is 23.5 Å². The smallest absolute Gasteiger partial charge is 0.238 e. The van der Waals surface area contributed by atoms with Crippen molar-refractivity contribution >= 4 is 21.4 Å². The summed E-state index contributed by atoms with van der Waals surface area (Å²) < 4.78 is 22.1. The quantitative estimate of drug-likeness (QED) is 0.824. The van der Waals surface area contributed by atoms with Crippen LogP contribution in [-0.4, -0.2) is 51.4 Å². The first-order valence-electron chi connectivity index (χ1n) is 5.97. The number of nitrogens with one attached hydrogen (secondary N) is 1. The van der Waals surface area contributed by atoms with Gasteiger partial charge in [0, 0.05) is 12.8 Å². The summed E-state index contributed by atoms with van der Waals surface area (Å²) in [6.07, 6.45) is 1.16. The maximum atomic E-state index is 11.8. The standard InChI is InChI=1S/C13H17N3O3S/c1-16(7-8-20(2,18)19)10-13(17)15-12-6-4-3-5-11(12)9-14/h3-6H,7-8,10H2,1-2H3,(H,15,17). The van der Waals surface area contributed by atoms with Crippen molar-refractivity contribution in [2.75, 3.05) is 37.5 Å². The van der Waals surface area contributed by atoms with E-state index in [0.717, 1.165) is 6.26 Å². The summed E-state index contributed by atoms with van der Waals surface area (Å²) in [5.74, 6) is -0.283. The number of nitriles is 1. The van der Waals surface area contributed by atoms with Crippen molar-refractivity contribution in [2.45, 2.75) is 0 Å². The average Bonchev–Trinajstić information content (AvgIpc) is 2.36. The van der Waals surface area contributed by atoms with E-state index in [-0.39, 0.29) is 24.7 Å². The zero-order chi connectivity index (χ0) is 15.2. The molecule has 7 heteroatoms. The van der Waals surface area contributed by atoms with Crippen LogP contribution in [0.1, 0.15) is 5.56 Å². The second-order valence-electron chi connectivity index (χ2n) is 4.57. The zero-order valence-electron chi connectivity index (χ0n) is 11.5. The van der Waals surface area contributed by atoms with Gasteiger partial charge in [-0.2, -0.15) is 5.26 Å². The van der Waals surface area contributed by atoms with Crippen molar-refractivity contribution < 1.29 is 13.2 Å². The van der Waals surface area contributed by atoms with Crippen LogP contribution in [0.3, 0.4) is 0 Å². The Kier molecular flexibility index (Phi) is 5.67. The number of hydrogen-bond acceptors (Lipinski definition) is 5. The first-order valence-corrected chi connectivity index (χ1v) is 8.03. The van der Waals surface area contributed by atoms with Gasteiger partial charge in [0.15, 0.2) is 0 Å². The van der Waals surface area contributed by atoms with Crippen LogP contribution < -0.4 is 5.32 Å². The molecule has 0 aromatic heterocycles. The van der Waals surface area contributed by atoms with Crippen molar-refractivity contribution in [2.24, 2.45) is 0 Å². The van der Waals surface area contributed by atoms with E-state index in [0.29, 0.717) is 11.3 Å². The van der Waals surface area contributed by atoms with Crippen LogP contribution in [0.4, 0.5) is 5.69 Å². The van der Waals surface area contributed by atoms with Gasteiger partial charge in [-0.25, -0.2) is 8.42 Å². The highest BCUT2D eigenvalue weighted by molar-refractivity contribution is 7.90. The number of likely N-dealkylation sites (N-methyl/N-ethyl adjacent to an activating group) is 1. The molecule has 108 valence electrons. The minimum absolute atomic E-state index is 0.00552. The van der Waals surface area contributed by atoms with Gasteiger partial charge >= 0.3 is 0 Å². The van der Waals surface area contributed by atoms with Gasteiger partial charge < -0.3 is 5.32 Å². The molecule has 1 aromatic rings. The Morgan fingerprint density at radius 2 is 2.05 bits per heavy atom. The number of amides is 1. The van der Waals surface area contributed by atoms with Gasteiger partial charge in [0.1, 0.15) is 15.9 Å². The van der Waals surface area contributed by atoms with Gasteiger partial charge in [-0.1, -0.05) is 12.1 Å². The summed E-state index contributed by atoms with van der Waals surface area (Å²) in [6, 6.07) is 8.69. The van der Waals surface area contributed by atoms with Gasteiger partial charge in [-0.05, 0) is 19.2 Å². The van der Waals surface area contributed by atoms with E-state index in [1.165, 1.54) is 0 Å². The molecule has 1 aromatic carbocycles. The molecular weight excluding hydrogens is 278 g/mol. The summed E-state index contributed by atoms with van der Waals surface area (Å²) in [7, 11) is -1.37. The molecule has 0 fully saturated rings. The molecule has 0 unspecified atom stereocenters. The fourth-order valence-corrected chi connectivity index (χ4v) is 2.17. The van der Waals surface area contributed by atoms with Crippen LogP contribution in [0.15, 0.2) is 24.3 Å². The fourth-order valence-electron chi connectivity index (χ4n) is 1.53. The number of sulfone groups is 1. The lowest BCUT2D eigenvalue weighted by atomic mass is 10.2. The monoisotopic (exact) mass is 295 g/mol. The highest BCUT2D eigenvalue weighted by Gasteiger charge is 2.11. The summed E-state index contributed by atoms with van der Waals surface area (Å²) in [5, 5.41) is 11.5. The SMILES string of the molecule is CN(CCS(C)(=O)=O)CC(=O)Nc1ccccc1C#N. The summed E-state index contributed by atoms with van der Waals surface area (Å²) in [5.41, 5.74) is 0.844. The molecule has 1 rings (SSSR count). The molecule has 0 aliphatic carbocycles. The third-order valence-electron chi connectivity index (χ3n) is 2.58. The largest absolute Gasteiger partial charge is 0.324 e. The third-order valence-corrected chi connectivity index (χ3v) is 3.50.